The van der Waals surface area contributed by atoms with Gasteiger partial charge in [0, 0.05) is 18.4 Å². The zero-order valence-electron chi connectivity index (χ0n) is 13.1. The molecule has 0 aliphatic carbocycles. The molecule has 0 atom stereocenters. The van der Waals surface area contributed by atoms with E-state index in [9.17, 15) is 13.2 Å². The largest absolute Gasteiger partial charge is 0.497 e. The minimum Gasteiger partial charge on any atom is -0.497 e. The Hall–Kier alpha value is -2.81. The third-order valence-corrected chi connectivity index (χ3v) is 4.89. The summed E-state index contributed by atoms with van der Waals surface area (Å²) in [5.74, 6) is 0.624. The molecule has 0 fully saturated rings. The number of nitrogens with one attached hydrogen (secondary N) is 1. The van der Waals surface area contributed by atoms with Crippen molar-refractivity contribution in [1.29, 1.82) is 0 Å². The third kappa shape index (κ3) is 2.85. The summed E-state index contributed by atoms with van der Waals surface area (Å²) in [5.41, 5.74) is 0.308. The minimum absolute atomic E-state index is 0.00827. The van der Waals surface area contributed by atoms with Crippen molar-refractivity contribution in [3.8, 4) is 5.75 Å². The zero-order chi connectivity index (χ0) is 17.3. The SMILES string of the molecule is CCn1ncn2cc(S(=O)(=O)Nc3ccc(OC)cc3)cc2c1=O. The second-order valence-electron chi connectivity index (χ2n) is 5.05. The fourth-order valence-corrected chi connectivity index (χ4v) is 3.35. The monoisotopic (exact) mass is 348 g/mol. The average Bonchev–Trinajstić information content (AvgIpc) is 3.02. The molecule has 0 aliphatic heterocycles. The van der Waals surface area contributed by atoms with Crippen LogP contribution in [0.4, 0.5) is 5.69 Å². The number of nitrogens with zero attached hydrogens (tertiary/aromatic N) is 3. The van der Waals surface area contributed by atoms with Gasteiger partial charge in [-0.3, -0.25) is 13.9 Å². The van der Waals surface area contributed by atoms with E-state index in [-0.39, 0.29) is 16.0 Å². The molecule has 24 heavy (non-hydrogen) atoms. The smallest absolute Gasteiger partial charge is 0.291 e. The summed E-state index contributed by atoms with van der Waals surface area (Å²) in [4.78, 5) is 12.2. The molecule has 2 heterocycles. The highest BCUT2D eigenvalue weighted by atomic mass is 32.2. The average molecular weight is 348 g/mol. The van der Waals surface area contributed by atoms with E-state index < -0.39 is 10.0 Å². The van der Waals surface area contributed by atoms with Crippen LogP contribution in [-0.2, 0) is 16.6 Å². The van der Waals surface area contributed by atoms with E-state index in [0.29, 0.717) is 18.0 Å². The van der Waals surface area contributed by atoms with Gasteiger partial charge in [-0.25, -0.2) is 13.1 Å². The molecule has 1 aromatic carbocycles. The molecular formula is C15H16N4O4S. The summed E-state index contributed by atoms with van der Waals surface area (Å²) in [6.07, 6.45) is 2.77. The van der Waals surface area contributed by atoms with Gasteiger partial charge in [-0.15, -0.1) is 0 Å². The van der Waals surface area contributed by atoms with Gasteiger partial charge < -0.3 is 4.74 Å². The van der Waals surface area contributed by atoms with Crippen molar-refractivity contribution >= 4 is 21.2 Å². The van der Waals surface area contributed by atoms with Gasteiger partial charge in [0.1, 0.15) is 22.5 Å². The lowest BCUT2D eigenvalue weighted by Gasteiger charge is -2.07. The first-order valence-electron chi connectivity index (χ1n) is 7.19. The fraction of sp³-hybridized carbons (Fsp3) is 0.200. The maximum Gasteiger partial charge on any atom is 0.291 e. The van der Waals surface area contributed by atoms with Crippen LogP contribution in [0.15, 0.2) is 52.5 Å². The molecule has 0 saturated heterocycles. The van der Waals surface area contributed by atoms with Crippen molar-refractivity contribution in [2.75, 3.05) is 11.8 Å². The molecular weight excluding hydrogens is 332 g/mol. The first kappa shape index (κ1) is 16.1. The fourth-order valence-electron chi connectivity index (χ4n) is 2.27. The normalized spacial score (nSPS) is 11.6. The van der Waals surface area contributed by atoms with Gasteiger partial charge in [0.25, 0.3) is 15.6 Å². The van der Waals surface area contributed by atoms with Crippen molar-refractivity contribution in [3.63, 3.8) is 0 Å². The molecule has 9 heteroatoms. The maximum absolute atomic E-state index is 12.5. The van der Waals surface area contributed by atoms with Crippen LogP contribution in [0.25, 0.3) is 5.52 Å². The van der Waals surface area contributed by atoms with E-state index in [1.807, 2.05) is 0 Å². The number of ether oxygens (including phenoxy) is 1. The number of aryl methyl sites for hydroxylation is 1. The van der Waals surface area contributed by atoms with E-state index >= 15 is 0 Å². The molecule has 8 nitrogen and oxygen atoms in total. The van der Waals surface area contributed by atoms with Gasteiger partial charge in [-0.2, -0.15) is 5.10 Å². The minimum atomic E-state index is -3.82. The highest BCUT2D eigenvalue weighted by molar-refractivity contribution is 7.92. The first-order chi connectivity index (χ1) is 11.4. The number of anilines is 1. The highest BCUT2D eigenvalue weighted by Gasteiger charge is 2.18. The number of hydrogen-bond acceptors (Lipinski definition) is 5. The van der Waals surface area contributed by atoms with E-state index in [1.54, 1.807) is 31.2 Å². The number of aromatic nitrogens is 3. The van der Waals surface area contributed by atoms with Gasteiger partial charge in [0.2, 0.25) is 0 Å². The van der Waals surface area contributed by atoms with E-state index in [1.165, 1.54) is 34.8 Å². The quantitative estimate of drug-likeness (QED) is 0.750. The van der Waals surface area contributed by atoms with Crippen LogP contribution in [0.5, 0.6) is 5.75 Å². The zero-order valence-corrected chi connectivity index (χ0v) is 13.9. The van der Waals surface area contributed by atoms with E-state index in [4.69, 9.17) is 4.74 Å². The van der Waals surface area contributed by atoms with Crippen LogP contribution < -0.4 is 15.0 Å². The second kappa shape index (κ2) is 6.00. The lowest BCUT2D eigenvalue weighted by molar-refractivity contribution is 0.415. The van der Waals surface area contributed by atoms with E-state index in [0.717, 1.165) is 0 Å². The Morgan fingerprint density at radius 3 is 2.58 bits per heavy atom. The standard InChI is InChI=1S/C15H16N4O4S/c1-3-19-15(20)14-8-13(9-18(14)10-16-19)24(21,22)17-11-4-6-12(23-2)7-5-11/h4-10,17H,3H2,1-2H3. The number of benzene rings is 1. The Morgan fingerprint density at radius 2 is 1.96 bits per heavy atom. The van der Waals surface area contributed by atoms with Crippen molar-refractivity contribution in [2.24, 2.45) is 0 Å². The summed E-state index contributed by atoms with van der Waals surface area (Å²) < 4.78 is 35.2. The Balaban J connectivity index is 1.98. The predicted octanol–water partition coefficient (Wildman–Crippen LogP) is 1.33. The van der Waals surface area contributed by atoms with Gasteiger partial charge in [-0.05, 0) is 37.3 Å². The van der Waals surface area contributed by atoms with Gasteiger partial charge in [-0.1, -0.05) is 0 Å². The van der Waals surface area contributed by atoms with Crippen molar-refractivity contribution in [2.45, 2.75) is 18.4 Å². The lowest BCUT2D eigenvalue weighted by Crippen LogP contribution is -2.23. The molecule has 3 rings (SSSR count). The van der Waals surface area contributed by atoms with E-state index in [2.05, 4.69) is 9.82 Å². The molecule has 0 amide bonds. The maximum atomic E-state index is 12.5. The van der Waals surface area contributed by atoms with Crippen LogP contribution in [0.1, 0.15) is 6.92 Å². The summed E-state index contributed by atoms with van der Waals surface area (Å²) in [5, 5.41) is 3.96. The molecule has 126 valence electrons. The lowest BCUT2D eigenvalue weighted by atomic mass is 10.3. The van der Waals surface area contributed by atoms with Crippen molar-refractivity contribution in [1.82, 2.24) is 14.2 Å². The van der Waals surface area contributed by atoms with Crippen LogP contribution in [0.2, 0.25) is 0 Å². The molecule has 0 unspecified atom stereocenters. The summed E-state index contributed by atoms with van der Waals surface area (Å²) in [6, 6.07) is 7.83. The third-order valence-electron chi connectivity index (χ3n) is 3.54. The number of fused-ring (bicyclic) bond motifs is 1. The Labute approximate surface area is 138 Å². The predicted molar refractivity (Wildman–Crippen MR) is 88.9 cm³/mol. The molecule has 1 N–H and O–H groups in total. The van der Waals surface area contributed by atoms with Crippen LogP contribution in [0.3, 0.4) is 0 Å². The number of rotatable bonds is 5. The highest BCUT2D eigenvalue weighted by Crippen LogP contribution is 2.20. The molecule has 2 aromatic heterocycles. The van der Waals surface area contributed by atoms with Crippen LogP contribution >= 0.6 is 0 Å². The second-order valence-corrected chi connectivity index (χ2v) is 6.74. The molecule has 0 aliphatic rings. The van der Waals surface area contributed by atoms with Crippen molar-refractivity contribution < 1.29 is 13.2 Å². The molecule has 0 saturated carbocycles. The number of sulfonamides is 1. The van der Waals surface area contributed by atoms with Gasteiger partial charge in [0.05, 0.1) is 7.11 Å². The van der Waals surface area contributed by atoms with Gasteiger partial charge in [0.15, 0.2) is 0 Å². The topological polar surface area (TPSA) is 94.7 Å². The molecule has 0 bridgehead atoms. The number of hydrogen-bond donors (Lipinski definition) is 1. The van der Waals surface area contributed by atoms with Crippen LogP contribution in [0, 0.1) is 0 Å². The first-order valence-corrected chi connectivity index (χ1v) is 8.67. The Morgan fingerprint density at radius 1 is 1.25 bits per heavy atom. The van der Waals surface area contributed by atoms with Gasteiger partial charge >= 0.3 is 0 Å². The molecule has 0 spiro atoms. The Kier molecular flexibility index (Phi) is 4.02. The summed E-state index contributed by atoms with van der Waals surface area (Å²) in [7, 11) is -2.29. The van der Waals surface area contributed by atoms with Crippen molar-refractivity contribution in [3.05, 3.63) is 53.2 Å². The van der Waals surface area contributed by atoms with Crippen LogP contribution in [-0.4, -0.2) is 29.7 Å². The number of methoxy groups -OCH3 is 1. The summed E-state index contributed by atoms with van der Waals surface area (Å²) in [6.45, 7) is 2.20. The Bertz CT molecular complexity index is 1040. The summed E-state index contributed by atoms with van der Waals surface area (Å²) >= 11 is 0. The molecule has 3 aromatic rings. The molecule has 0 radical (unpaired) electrons.